The predicted octanol–water partition coefficient (Wildman–Crippen LogP) is 6.01. The number of aliphatic hydroxyl groups is 2. The summed E-state index contributed by atoms with van der Waals surface area (Å²) >= 11 is 5.83. The zero-order valence-electron chi connectivity index (χ0n) is 25.5. The third-order valence-electron chi connectivity index (χ3n) is 8.08. The number of H-pyrrole nitrogens is 1. The Kier molecular flexibility index (Phi) is 11.0. The van der Waals surface area contributed by atoms with E-state index in [9.17, 15) is 33.0 Å². The number of hydrogen-bond donors (Lipinski definition) is 4. The number of alkyl halides is 3. The number of nitrogens with zero attached hydrogens (tertiary/aromatic N) is 3. The summed E-state index contributed by atoms with van der Waals surface area (Å²) in [7, 11) is 0. The molecular weight excluding hydrogens is 635 g/mol. The van der Waals surface area contributed by atoms with Gasteiger partial charge in [-0.1, -0.05) is 29.8 Å². The van der Waals surface area contributed by atoms with Crippen LogP contribution in [0.3, 0.4) is 0 Å². The summed E-state index contributed by atoms with van der Waals surface area (Å²) in [5.74, 6) is -1.01. The van der Waals surface area contributed by atoms with Crippen LogP contribution in [-0.4, -0.2) is 76.4 Å². The van der Waals surface area contributed by atoms with Gasteiger partial charge in [-0.15, -0.1) is 0 Å². The second-order valence-corrected chi connectivity index (χ2v) is 11.7. The highest BCUT2D eigenvalue weighted by molar-refractivity contribution is 6.31. The van der Waals surface area contributed by atoms with Crippen LogP contribution in [0.25, 0.3) is 11.3 Å². The molecule has 5 rings (SSSR count). The Bertz CT molecular complexity index is 1720. The van der Waals surface area contributed by atoms with Gasteiger partial charge in [0.2, 0.25) is 0 Å². The van der Waals surface area contributed by atoms with Crippen molar-refractivity contribution < 1.29 is 33.0 Å². The molecule has 0 atom stereocenters. The highest BCUT2D eigenvalue weighted by atomic mass is 35.5. The SMILES string of the molecule is O=C(Nc1ccc(N2CCCCC2)cc1C(=O)c1c[nH]nc1-c1ccc(Cl)c(C(F)(F)F)c1)c1cccc(CN(CCO)CCO)c1. The fourth-order valence-electron chi connectivity index (χ4n) is 5.71. The molecule has 0 unspecified atom stereocenters. The molecule has 1 aliphatic heterocycles. The summed E-state index contributed by atoms with van der Waals surface area (Å²) in [5.41, 5.74) is 1.35. The van der Waals surface area contributed by atoms with Crippen LogP contribution >= 0.6 is 11.6 Å². The molecule has 1 amide bonds. The number of piperidine rings is 1. The molecule has 13 heteroatoms. The Hall–Kier alpha value is -4.23. The number of hydrogen-bond acceptors (Lipinski definition) is 7. The molecule has 1 aromatic heterocycles. The topological polar surface area (TPSA) is 122 Å². The Balaban J connectivity index is 1.49. The largest absolute Gasteiger partial charge is 0.417 e. The lowest BCUT2D eigenvalue weighted by Gasteiger charge is -2.29. The van der Waals surface area contributed by atoms with Crippen molar-refractivity contribution in [1.29, 1.82) is 0 Å². The maximum Gasteiger partial charge on any atom is 0.417 e. The minimum atomic E-state index is -4.71. The molecular formula is C34H35ClF3N5O4. The number of benzene rings is 3. The Morgan fingerprint density at radius 3 is 2.40 bits per heavy atom. The molecule has 1 saturated heterocycles. The fraction of sp³-hybridized carbons (Fsp3) is 0.324. The van der Waals surface area contributed by atoms with E-state index in [0.29, 0.717) is 25.2 Å². The monoisotopic (exact) mass is 669 g/mol. The third kappa shape index (κ3) is 8.20. The van der Waals surface area contributed by atoms with Crippen LogP contribution < -0.4 is 10.2 Å². The Morgan fingerprint density at radius 2 is 1.70 bits per heavy atom. The zero-order chi connectivity index (χ0) is 33.6. The van der Waals surface area contributed by atoms with Gasteiger partial charge in [0.05, 0.1) is 35.1 Å². The van der Waals surface area contributed by atoms with Crippen LogP contribution in [0.15, 0.2) is 66.9 Å². The zero-order valence-corrected chi connectivity index (χ0v) is 26.2. The van der Waals surface area contributed by atoms with Crippen LogP contribution in [0.5, 0.6) is 0 Å². The number of ketones is 1. The quantitative estimate of drug-likeness (QED) is 0.136. The van der Waals surface area contributed by atoms with Gasteiger partial charge in [-0.3, -0.25) is 19.6 Å². The van der Waals surface area contributed by atoms with Gasteiger partial charge in [0.25, 0.3) is 5.91 Å². The molecule has 0 radical (unpaired) electrons. The van der Waals surface area contributed by atoms with E-state index in [4.69, 9.17) is 11.6 Å². The molecule has 4 aromatic rings. The summed E-state index contributed by atoms with van der Waals surface area (Å²) < 4.78 is 40.9. The minimum Gasteiger partial charge on any atom is -0.395 e. The van der Waals surface area contributed by atoms with E-state index in [0.717, 1.165) is 55.7 Å². The van der Waals surface area contributed by atoms with E-state index in [-0.39, 0.29) is 41.3 Å². The van der Waals surface area contributed by atoms with Crippen molar-refractivity contribution in [1.82, 2.24) is 15.1 Å². The van der Waals surface area contributed by atoms with E-state index in [1.54, 1.807) is 30.3 Å². The standard InChI is InChI=1S/C34H35ClF3N5O4/c35-29-9-7-23(18-28(29)34(36,37)38)31-27(20-39-41-31)32(46)26-19-25(43-11-2-1-3-12-43)8-10-30(26)40-33(47)24-6-4-5-22(17-24)21-42(13-15-44)14-16-45/h4-10,17-20,44-45H,1-3,11-16,21H2,(H,39,41)(H,40,47). The first-order valence-electron chi connectivity index (χ1n) is 15.3. The maximum atomic E-state index is 14.2. The average molecular weight is 670 g/mol. The van der Waals surface area contributed by atoms with Crippen LogP contribution in [0.2, 0.25) is 5.02 Å². The molecule has 248 valence electrons. The number of nitrogens with one attached hydrogen (secondary N) is 2. The number of rotatable bonds is 12. The van der Waals surface area contributed by atoms with Crippen molar-refractivity contribution >= 4 is 34.7 Å². The van der Waals surface area contributed by atoms with E-state index in [1.807, 2.05) is 17.0 Å². The molecule has 1 fully saturated rings. The molecule has 4 N–H and O–H groups in total. The van der Waals surface area contributed by atoms with Gasteiger partial charge in [0.1, 0.15) is 5.69 Å². The van der Waals surface area contributed by atoms with Crippen molar-refractivity contribution in [2.45, 2.75) is 32.0 Å². The van der Waals surface area contributed by atoms with Gasteiger partial charge in [-0.25, -0.2) is 0 Å². The maximum absolute atomic E-state index is 14.2. The van der Waals surface area contributed by atoms with Crippen LogP contribution in [-0.2, 0) is 12.7 Å². The number of aliphatic hydroxyl groups excluding tert-OH is 2. The molecule has 0 aliphatic carbocycles. The van der Waals surface area contributed by atoms with E-state index in [2.05, 4.69) is 20.4 Å². The second kappa shape index (κ2) is 15.1. The van der Waals surface area contributed by atoms with E-state index < -0.39 is 28.5 Å². The van der Waals surface area contributed by atoms with Gasteiger partial charge in [0.15, 0.2) is 5.78 Å². The van der Waals surface area contributed by atoms with Crippen molar-refractivity contribution in [3.63, 3.8) is 0 Å². The lowest BCUT2D eigenvalue weighted by Crippen LogP contribution is -2.29. The number of aromatic amines is 1. The first-order valence-corrected chi connectivity index (χ1v) is 15.7. The molecule has 2 heterocycles. The van der Waals surface area contributed by atoms with Gasteiger partial charge in [-0.05, 0) is 67.3 Å². The molecule has 0 saturated carbocycles. The number of aromatic nitrogens is 2. The molecule has 0 spiro atoms. The molecule has 9 nitrogen and oxygen atoms in total. The number of anilines is 2. The number of carbonyl (C=O) groups is 2. The van der Waals surface area contributed by atoms with E-state index >= 15 is 0 Å². The van der Waals surface area contributed by atoms with Crippen molar-refractivity contribution in [3.05, 3.63) is 99.7 Å². The number of halogens is 4. The normalized spacial score (nSPS) is 13.6. The van der Waals surface area contributed by atoms with Crippen LogP contribution in [0.4, 0.5) is 24.5 Å². The third-order valence-corrected chi connectivity index (χ3v) is 8.40. The fourth-order valence-corrected chi connectivity index (χ4v) is 5.94. The Morgan fingerprint density at radius 1 is 0.957 bits per heavy atom. The van der Waals surface area contributed by atoms with Crippen LogP contribution in [0.1, 0.15) is 56.7 Å². The van der Waals surface area contributed by atoms with Gasteiger partial charge >= 0.3 is 6.18 Å². The molecule has 0 bridgehead atoms. The molecule has 47 heavy (non-hydrogen) atoms. The average Bonchev–Trinajstić information content (AvgIpc) is 3.55. The van der Waals surface area contributed by atoms with Crippen molar-refractivity contribution in [3.8, 4) is 11.3 Å². The smallest absolute Gasteiger partial charge is 0.395 e. The summed E-state index contributed by atoms with van der Waals surface area (Å²) in [6.07, 6.45) is -0.285. The summed E-state index contributed by atoms with van der Waals surface area (Å²) in [5, 5.41) is 27.8. The highest BCUT2D eigenvalue weighted by Crippen LogP contribution is 2.38. The molecule has 3 aromatic carbocycles. The Labute approximate surface area is 275 Å². The lowest BCUT2D eigenvalue weighted by atomic mass is 9.97. The number of carbonyl (C=O) groups excluding carboxylic acids is 2. The lowest BCUT2D eigenvalue weighted by molar-refractivity contribution is -0.137. The van der Waals surface area contributed by atoms with E-state index in [1.165, 1.54) is 12.3 Å². The van der Waals surface area contributed by atoms with Crippen LogP contribution in [0, 0.1) is 0 Å². The van der Waals surface area contributed by atoms with Gasteiger partial charge in [0, 0.05) is 61.3 Å². The minimum absolute atomic E-state index is 0.0147. The van der Waals surface area contributed by atoms with Gasteiger partial charge in [-0.2, -0.15) is 18.3 Å². The summed E-state index contributed by atoms with van der Waals surface area (Å²) in [4.78, 5) is 31.8. The van der Waals surface area contributed by atoms with Gasteiger partial charge < -0.3 is 20.4 Å². The first kappa shape index (κ1) is 34.1. The molecule has 1 aliphatic rings. The summed E-state index contributed by atoms with van der Waals surface area (Å²) in [6.45, 7) is 2.56. The predicted molar refractivity (Wildman–Crippen MR) is 174 cm³/mol. The summed E-state index contributed by atoms with van der Waals surface area (Å²) in [6, 6.07) is 15.4. The highest BCUT2D eigenvalue weighted by Gasteiger charge is 2.34. The first-order chi connectivity index (χ1) is 22.6. The number of amides is 1. The second-order valence-electron chi connectivity index (χ2n) is 11.3. The van der Waals surface area contributed by atoms with Crippen molar-refractivity contribution in [2.24, 2.45) is 0 Å². The van der Waals surface area contributed by atoms with Crippen molar-refractivity contribution in [2.75, 3.05) is 49.6 Å².